The molecule has 1 saturated heterocycles. The number of likely N-dealkylation sites (N-methyl/N-ethyl adjacent to an activating group) is 1. The van der Waals surface area contributed by atoms with Crippen LogP contribution >= 0.6 is 0 Å². The van der Waals surface area contributed by atoms with Crippen molar-refractivity contribution in [2.45, 2.75) is 39.9 Å². The van der Waals surface area contributed by atoms with E-state index in [-0.39, 0.29) is 17.8 Å². The van der Waals surface area contributed by atoms with E-state index < -0.39 is 0 Å². The van der Waals surface area contributed by atoms with Gasteiger partial charge in [-0.15, -0.1) is 0 Å². The van der Waals surface area contributed by atoms with Crippen molar-refractivity contribution < 1.29 is 4.74 Å². The van der Waals surface area contributed by atoms with Gasteiger partial charge in [0.15, 0.2) is 0 Å². The Hall–Kier alpha value is -2.25. The fourth-order valence-corrected chi connectivity index (χ4v) is 3.41. The second-order valence-electron chi connectivity index (χ2n) is 7.47. The Kier molecular flexibility index (Phi) is 5.92. The number of rotatable bonds is 5. The quantitative estimate of drug-likeness (QED) is 0.866. The third-order valence-electron chi connectivity index (χ3n) is 5.05. The average Bonchev–Trinajstić information content (AvgIpc) is 2.63. The van der Waals surface area contributed by atoms with Crippen molar-refractivity contribution in [2.75, 3.05) is 38.1 Å². The van der Waals surface area contributed by atoms with Crippen LogP contribution in [0.1, 0.15) is 25.1 Å². The van der Waals surface area contributed by atoms with Crippen LogP contribution in [0.3, 0.4) is 0 Å². The van der Waals surface area contributed by atoms with Gasteiger partial charge in [-0.25, -0.2) is 9.97 Å². The van der Waals surface area contributed by atoms with Gasteiger partial charge in [-0.3, -0.25) is 9.69 Å². The Labute approximate surface area is 160 Å². The summed E-state index contributed by atoms with van der Waals surface area (Å²) in [7, 11) is 2.05. The Morgan fingerprint density at radius 2 is 1.96 bits per heavy atom. The first-order valence-electron chi connectivity index (χ1n) is 9.46. The van der Waals surface area contributed by atoms with Crippen LogP contribution in [-0.4, -0.2) is 65.3 Å². The van der Waals surface area contributed by atoms with Crippen LogP contribution in [-0.2, 0) is 4.74 Å². The molecule has 1 fully saturated rings. The summed E-state index contributed by atoms with van der Waals surface area (Å²) in [5.74, 6) is 1.46. The molecule has 0 amide bonds. The third kappa shape index (κ3) is 4.73. The molecule has 0 aromatic carbocycles. The number of hydrogen-bond donors (Lipinski definition) is 1. The lowest BCUT2D eigenvalue weighted by molar-refractivity contribution is -0.0670. The fraction of sp³-hybridized carbons (Fsp3) is 0.550. The van der Waals surface area contributed by atoms with Crippen LogP contribution in [0.25, 0.3) is 11.4 Å². The lowest BCUT2D eigenvalue weighted by Crippen LogP contribution is -2.47. The van der Waals surface area contributed by atoms with Gasteiger partial charge in [-0.05, 0) is 39.8 Å². The van der Waals surface area contributed by atoms with Crippen LogP contribution in [0.2, 0.25) is 0 Å². The minimum Gasteiger partial charge on any atom is -0.373 e. The first kappa shape index (κ1) is 19.5. The number of aryl methyl sites for hydroxylation is 1. The largest absolute Gasteiger partial charge is 0.373 e. The molecule has 0 aliphatic carbocycles. The normalized spacial score (nSPS) is 20.6. The molecular weight excluding hydrogens is 342 g/mol. The van der Waals surface area contributed by atoms with E-state index in [9.17, 15) is 4.79 Å². The van der Waals surface area contributed by atoms with Crippen molar-refractivity contribution in [2.24, 2.45) is 0 Å². The maximum absolute atomic E-state index is 12.0. The summed E-state index contributed by atoms with van der Waals surface area (Å²) in [6.07, 6.45) is 2.32. The first-order valence-corrected chi connectivity index (χ1v) is 9.46. The zero-order valence-corrected chi connectivity index (χ0v) is 16.8. The van der Waals surface area contributed by atoms with Gasteiger partial charge in [0.25, 0.3) is 5.56 Å². The van der Waals surface area contributed by atoms with E-state index in [1.54, 1.807) is 13.1 Å². The fourth-order valence-electron chi connectivity index (χ4n) is 3.41. The number of nitrogens with one attached hydrogen (secondary N) is 1. The predicted octanol–water partition coefficient (Wildman–Crippen LogP) is 1.99. The molecule has 2 aromatic heterocycles. The molecule has 146 valence electrons. The van der Waals surface area contributed by atoms with Gasteiger partial charge in [0.1, 0.15) is 11.6 Å². The smallest absolute Gasteiger partial charge is 0.254 e. The van der Waals surface area contributed by atoms with Crippen molar-refractivity contribution in [3.8, 4) is 11.4 Å². The van der Waals surface area contributed by atoms with Crippen LogP contribution in [0.5, 0.6) is 0 Å². The van der Waals surface area contributed by atoms with Crippen LogP contribution in [0, 0.1) is 13.8 Å². The molecule has 7 nitrogen and oxygen atoms in total. The molecule has 2 aromatic rings. The topological polar surface area (TPSA) is 74.4 Å². The summed E-state index contributed by atoms with van der Waals surface area (Å²) in [5, 5.41) is 0. The van der Waals surface area contributed by atoms with E-state index in [4.69, 9.17) is 4.74 Å². The molecule has 7 heteroatoms. The van der Waals surface area contributed by atoms with Gasteiger partial charge in [0.05, 0.1) is 12.2 Å². The average molecular weight is 371 g/mol. The highest BCUT2D eigenvalue weighted by molar-refractivity contribution is 5.56. The van der Waals surface area contributed by atoms with Crippen molar-refractivity contribution in [1.29, 1.82) is 0 Å². The Morgan fingerprint density at radius 3 is 2.56 bits per heavy atom. The predicted molar refractivity (Wildman–Crippen MR) is 107 cm³/mol. The molecule has 1 N–H and O–H groups in total. The summed E-state index contributed by atoms with van der Waals surface area (Å²) < 4.78 is 5.79. The van der Waals surface area contributed by atoms with E-state index >= 15 is 0 Å². The van der Waals surface area contributed by atoms with Crippen molar-refractivity contribution in [3.05, 3.63) is 39.9 Å². The highest BCUT2D eigenvalue weighted by Crippen LogP contribution is 2.17. The SMILES string of the molecule is Cc1nc(-c2ccc(N(C)CCN3C[C@@H](C)O[C@@H](C)C3)nc2)[nH]c(=O)c1C. The van der Waals surface area contributed by atoms with E-state index in [0.29, 0.717) is 11.4 Å². The molecule has 2 atom stereocenters. The lowest BCUT2D eigenvalue weighted by Gasteiger charge is -2.36. The van der Waals surface area contributed by atoms with Crippen molar-refractivity contribution in [1.82, 2.24) is 19.9 Å². The Balaban J connectivity index is 1.64. The molecule has 0 unspecified atom stereocenters. The maximum atomic E-state index is 12.0. The van der Waals surface area contributed by atoms with Gasteiger partial charge in [0.2, 0.25) is 0 Å². The number of nitrogens with zero attached hydrogens (tertiary/aromatic N) is 4. The Bertz CT molecular complexity index is 823. The molecule has 1 aliphatic heterocycles. The number of aromatic nitrogens is 3. The molecule has 0 radical (unpaired) electrons. The molecular formula is C20H29N5O2. The molecule has 0 spiro atoms. The maximum Gasteiger partial charge on any atom is 0.254 e. The minimum atomic E-state index is -0.104. The van der Waals surface area contributed by atoms with Crippen molar-refractivity contribution in [3.63, 3.8) is 0 Å². The van der Waals surface area contributed by atoms with Gasteiger partial charge in [-0.2, -0.15) is 0 Å². The zero-order chi connectivity index (χ0) is 19.6. The summed E-state index contributed by atoms with van der Waals surface area (Å²) in [4.78, 5) is 28.4. The summed E-state index contributed by atoms with van der Waals surface area (Å²) >= 11 is 0. The van der Waals surface area contributed by atoms with E-state index in [1.165, 1.54) is 0 Å². The minimum absolute atomic E-state index is 0.104. The lowest BCUT2D eigenvalue weighted by atomic mass is 10.2. The zero-order valence-electron chi connectivity index (χ0n) is 16.8. The van der Waals surface area contributed by atoms with Gasteiger partial charge < -0.3 is 14.6 Å². The summed E-state index contributed by atoms with van der Waals surface area (Å²) in [6, 6.07) is 3.92. The molecule has 0 saturated carbocycles. The van der Waals surface area contributed by atoms with Crippen LogP contribution in [0.15, 0.2) is 23.1 Å². The number of aromatic amines is 1. The molecule has 0 bridgehead atoms. The third-order valence-corrected chi connectivity index (χ3v) is 5.05. The van der Waals surface area contributed by atoms with E-state index in [1.807, 2.05) is 26.1 Å². The van der Waals surface area contributed by atoms with E-state index in [2.05, 4.69) is 38.6 Å². The monoisotopic (exact) mass is 371 g/mol. The number of morpholine rings is 1. The number of H-pyrrole nitrogens is 1. The molecule has 27 heavy (non-hydrogen) atoms. The van der Waals surface area contributed by atoms with Crippen LogP contribution < -0.4 is 10.5 Å². The van der Waals surface area contributed by atoms with Gasteiger partial charge in [-0.1, -0.05) is 0 Å². The number of anilines is 1. The highest BCUT2D eigenvalue weighted by atomic mass is 16.5. The standard InChI is InChI=1S/C20H29N5O2/c1-13-11-25(12-14(2)27-13)9-8-24(5)18-7-6-17(10-21-18)19-22-16(4)15(3)20(26)23-19/h6-7,10,13-14H,8-9,11-12H2,1-5H3,(H,22,23,26)/t13-,14+. The van der Waals surface area contributed by atoms with Crippen molar-refractivity contribution >= 4 is 5.82 Å². The van der Waals surface area contributed by atoms with Gasteiger partial charge in [0, 0.05) is 56.2 Å². The summed E-state index contributed by atoms with van der Waals surface area (Å²) in [5.41, 5.74) is 2.09. The highest BCUT2D eigenvalue weighted by Gasteiger charge is 2.22. The number of pyridine rings is 1. The molecule has 1 aliphatic rings. The first-order chi connectivity index (χ1) is 12.8. The summed E-state index contributed by atoms with van der Waals surface area (Å²) in [6.45, 7) is 11.7. The second kappa shape index (κ2) is 8.19. The molecule has 3 rings (SSSR count). The second-order valence-corrected chi connectivity index (χ2v) is 7.47. The van der Waals surface area contributed by atoms with Gasteiger partial charge >= 0.3 is 0 Å². The van der Waals surface area contributed by atoms with E-state index in [0.717, 1.165) is 43.3 Å². The number of ether oxygens (including phenoxy) is 1. The molecule has 3 heterocycles. The Morgan fingerprint density at radius 1 is 1.26 bits per heavy atom. The number of hydrogen-bond acceptors (Lipinski definition) is 6. The van der Waals surface area contributed by atoms with Crippen LogP contribution in [0.4, 0.5) is 5.82 Å².